The average Bonchev–Trinajstić information content (AvgIpc) is 2.84. The lowest BCUT2D eigenvalue weighted by Gasteiger charge is -2.33. The van der Waals surface area contributed by atoms with Crippen molar-refractivity contribution in [1.29, 1.82) is 0 Å². The van der Waals surface area contributed by atoms with E-state index in [4.69, 9.17) is 11.6 Å². The summed E-state index contributed by atoms with van der Waals surface area (Å²) < 4.78 is 15.0. The van der Waals surface area contributed by atoms with E-state index < -0.39 is 19.3 Å². The van der Waals surface area contributed by atoms with Crippen LogP contribution in [0, 0.1) is 0 Å². The Morgan fingerprint density at radius 1 is 0.600 bits per heavy atom. The second-order valence-corrected chi connectivity index (χ2v) is 15.4. The van der Waals surface area contributed by atoms with Gasteiger partial charge >= 0.3 is 0 Å². The lowest BCUT2D eigenvalue weighted by atomic mass is 10.4. The Morgan fingerprint density at radius 2 is 0.900 bits per heavy atom. The van der Waals surface area contributed by atoms with Gasteiger partial charge in [0.05, 0.1) is 6.66 Å². The van der Waals surface area contributed by atoms with E-state index in [0.29, 0.717) is 0 Å². The maximum Gasteiger partial charge on any atom is 0.210 e. The summed E-state index contributed by atoms with van der Waals surface area (Å²) in [6.45, 7) is 2.22. The fourth-order valence-corrected chi connectivity index (χ4v) is 13.8. The molecule has 1 nitrogen and oxygen atoms in total. The SMILES string of the molecule is C[P+](c1ccccc1)(c1ccccc1)C(Cl)P(=O)(c1ccccc1)c1ccccc1. The van der Waals surface area contributed by atoms with Gasteiger partial charge < -0.3 is 4.57 Å². The molecule has 0 aliphatic carbocycles. The van der Waals surface area contributed by atoms with E-state index in [1.54, 1.807) is 0 Å². The van der Waals surface area contributed by atoms with Crippen LogP contribution in [0.15, 0.2) is 121 Å². The molecule has 4 rings (SSSR count). The zero-order valence-corrected chi connectivity index (χ0v) is 19.3. The topological polar surface area (TPSA) is 17.1 Å². The standard InChI is InChI=1S/C26H24ClOP2/c1-29(22-14-6-2-7-15-22,23-16-8-3-9-17-23)26(27)30(28,24-18-10-4-11-19-24)25-20-12-5-13-21-25/h2-21,26H,1H3/q+1. The Labute approximate surface area is 184 Å². The molecule has 1 atom stereocenters. The lowest BCUT2D eigenvalue weighted by Crippen LogP contribution is -2.33. The van der Waals surface area contributed by atoms with Crippen molar-refractivity contribution in [3.05, 3.63) is 121 Å². The van der Waals surface area contributed by atoms with E-state index in [2.05, 4.69) is 30.9 Å². The first-order valence-electron chi connectivity index (χ1n) is 9.90. The molecule has 150 valence electrons. The van der Waals surface area contributed by atoms with E-state index in [0.717, 1.165) is 21.2 Å². The first-order chi connectivity index (χ1) is 14.6. The van der Waals surface area contributed by atoms with E-state index >= 15 is 4.57 Å². The lowest BCUT2D eigenvalue weighted by molar-refractivity contribution is 0.588. The average molecular weight is 450 g/mol. The number of alkyl halides is 1. The maximum absolute atomic E-state index is 15.0. The van der Waals surface area contributed by atoms with Gasteiger partial charge in [-0.05, 0) is 24.3 Å². The highest BCUT2D eigenvalue weighted by Gasteiger charge is 2.55. The molecule has 0 saturated carbocycles. The number of benzene rings is 4. The monoisotopic (exact) mass is 449 g/mol. The summed E-state index contributed by atoms with van der Waals surface area (Å²) in [6.07, 6.45) is 0. The van der Waals surface area contributed by atoms with E-state index in [9.17, 15) is 0 Å². The molecule has 0 amide bonds. The van der Waals surface area contributed by atoms with Crippen LogP contribution >= 0.6 is 26.0 Å². The van der Waals surface area contributed by atoms with E-state index in [-0.39, 0.29) is 0 Å². The summed E-state index contributed by atoms with van der Waals surface area (Å²) in [4.78, 5) is -0.570. The minimum absolute atomic E-state index is 0.570. The highest BCUT2D eigenvalue weighted by Crippen LogP contribution is 2.72. The molecule has 0 radical (unpaired) electrons. The van der Waals surface area contributed by atoms with Crippen LogP contribution in [0.25, 0.3) is 0 Å². The number of rotatable bonds is 6. The number of hydrogen-bond acceptors (Lipinski definition) is 1. The molecule has 0 fully saturated rings. The maximum atomic E-state index is 15.0. The third kappa shape index (κ3) is 3.67. The molecule has 0 heterocycles. The number of halogens is 1. The minimum atomic E-state index is -3.15. The molecule has 4 aromatic carbocycles. The Kier molecular flexibility index (Phi) is 6.26. The number of hydrogen-bond donors (Lipinski definition) is 0. The largest absolute Gasteiger partial charge is 0.308 e. The van der Waals surface area contributed by atoms with Crippen LogP contribution in [-0.2, 0) is 4.57 Å². The highest BCUT2D eigenvalue weighted by molar-refractivity contribution is 8.02. The Morgan fingerprint density at radius 3 is 1.23 bits per heavy atom. The molecule has 0 spiro atoms. The van der Waals surface area contributed by atoms with Crippen molar-refractivity contribution in [3.8, 4) is 0 Å². The quantitative estimate of drug-likeness (QED) is 0.268. The molecular formula is C26H24ClOP2+. The van der Waals surface area contributed by atoms with Crippen LogP contribution in [0.2, 0.25) is 0 Å². The van der Waals surface area contributed by atoms with Gasteiger partial charge in [0.2, 0.25) is 4.86 Å². The smallest absolute Gasteiger partial charge is 0.210 e. The van der Waals surface area contributed by atoms with Gasteiger partial charge in [-0.1, -0.05) is 109 Å². The molecule has 0 saturated heterocycles. The Hall–Kier alpha value is -2.17. The highest BCUT2D eigenvalue weighted by atomic mass is 35.5. The van der Waals surface area contributed by atoms with Gasteiger partial charge in [-0.25, -0.2) is 0 Å². The molecule has 4 aromatic rings. The van der Waals surface area contributed by atoms with Gasteiger partial charge in [-0.2, -0.15) is 0 Å². The third-order valence-electron chi connectivity index (χ3n) is 5.59. The normalized spacial score (nSPS) is 13.0. The minimum Gasteiger partial charge on any atom is -0.308 e. The molecule has 0 aliphatic rings. The van der Waals surface area contributed by atoms with Crippen LogP contribution in [0.3, 0.4) is 0 Å². The molecule has 0 aromatic heterocycles. The van der Waals surface area contributed by atoms with Gasteiger partial charge in [0.1, 0.15) is 17.9 Å². The van der Waals surface area contributed by atoms with Crippen LogP contribution < -0.4 is 21.2 Å². The molecule has 0 aliphatic heterocycles. The summed E-state index contributed by atoms with van der Waals surface area (Å²) in [5.41, 5.74) is 0. The van der Waals surface area contributed by atoms with Crippen molar-refractivity contribution in [2.24, 2.45) is 0 Å². The zero-order chi connectivity index (χ0) is 21.0. The fourth-order valence-electron chi connectivity index (χ4n) is 3.89. The molecule has 4 heteroatoms. The summed E-state index contributed by atoms with van der Waals surface area (Å²) in [7, 11) is -5.37. The Bertz CT molecular complexity index is 1050. The summed E-state index contributed by atoms with van der Waals surface area (Å²) in [6, 6.07) is 40.1. The van der Waals surface area contributed by atoms with E-state index in [1.807, 2.05) is 97.1 Å². The molecular weight excluding hydrogens is 426 g/mol. The van der Waals surface area contributed by atoms with E-state index in [1.165, 1.54) is 0 Å². The van der Waals surface area contributed by atoms with Crippen LogP contribution in [-0.4, -0.2) is 11.5 Å². The van der Waals surface area contributed by atoms with Crippen molar-refractivity contribution in [1.82, 2.24) is 0 Å². The van der Waals surface area contributed by atoms with Crippen LogP contribution in [0.1, 0.15) is 0 Å². The second-order valence-electron chi connectivity index (χ2n) is 7.39. The second kappa shape index (κ2) is 8.91. The van der Waals surface area contributed by atoms with Gasteiger partial charge in [-0.15, -0.1) is 0 Å². The Balaban J connectivity index is 1.99. The molecule has 0 N–H and O–H groups in total. The molecule has 1 unspecified atom stereocenters. The van der Waals surface area contributed by atoms with Crippen LogP contribution in [0.4, 0.5) is 0 Å². The van der Waals surface area contributed by atoms with Crippen LogP contribution in [0.5, 0.6) is 0 Å². The van der Waals surface area contributed by atoms with Crippen molar-refractivity contribution < 1.29 is 4.57 Å². The molecule has 0 bridgehead atoms. The first-order valence-corrected chi connectivity index (χ1v) is 14.4. The van der Waals surface area contributed by atoms with Gasteiger partial charge in [-0.3, -0.25) is 0 Å². The predicted molar refractivity (Wildman–Crippen MR) is 134 cm³/mol. The van der Waals surface area contributed by atoms with Crippen molar-refractivity contribution in [2.45, 2.75) is 4.86 Å². The van der Waals surface area contributed by atoms with Gasteiger partial charge in [0.15, 0.2) is 7.14 Å². The summed E-state index contributed by atoms with van der Waals surface area (Å²) in [5.74, 6) is 0. The summed E-state index contributed by atoms with van der Waals surface area (Å²) >= 11 is 7.42. The van der Waals surface area contributed by atoms with Crippen molar-refractivity contribution in [3.63, 3.8) is 0 Å². The van der Waals surface area contributed by atoms with Crippen molar-refractivity contribution >= 4 is 47.2 Å². The molecule has 30 heavy (non-hydrogen) atoms. The summed E-state index contributed by atoms with van der Waals surface area (Å²) in [5, 5.41) is 3.91. The predicted octanol–water partition coefficient (Wildman–Crippen LogP) is 5.82. The van der Waals surface area contributed by atoms with Gasteiger partial charge in [0.25, 0.3) is 0 Å². The first kappa shape index (κ1) is 21.1. The van der Waals surface area contributed by atoms with Crippen molar-refractivity contribution in [2.75, 3.05) is 6.66 Å². The zero-order valence-electron chi connectivity index (χ0n) is 16.8. The third-order valence-corrected chi connectivity index (χ3v) is 16.3. The van der Waals surface area contributed by atoms with Gasteiger partial charge in [0, 0.05) is 10.6 Å². The fraction of sp³-hybridized carbons (Fsp3) is 0.0769.